The zero-order valence-electron chi connectivity index (χ0n) is 10.3. The summed E-state index contributed by atoms with van der Waals surface area (Å²) in [5, 5.41) is 12.0. The SMILES string of the molecule is CCCOc1cc(NC(C(=O)O)C2CC2)ncn1. The first-order valence-electron chi connectivity index (χ1n) is 6.15. The van der Waals surface area contributed by atoms with Crippen molar-refractivity contribution in [3.63, 3.8) is 0 Å². The molecule has 1 aliphatic rings. The van der Waals surface area contributed by atoms with Crippen molar-refractivity contribution in [1.82, 2.24) is 9.97 Å². The molecule has 1 aliphatic carbocycles. The van der Waals surface area contributed by atoms with Crippen LogP contribution in [-0.2, 0) is 4.79 Å². The highest BCUT2D eigenvalue weighted by Crippen LogP contribution is 2.34. The van der Waals surface area contributed by atoms with E-state index in [0.29, 0.717) is 18.3 Å². The van der Waals surface area contributed by atoms with Gasteiger partial charge in [-0.15, -0.1) is 0 Å². The summed E-state index contributed by atoms with van der Waals surface area (Å²) in [6.45, 7) is 2.59. The van der Waals surface area contributed by atoms with Crippen LogP contribution in [0, 0.1) is 5.92 Å². The summed E-state index contributed by atoms with van der Waals surface area (Å²) in [7, 11) is 0. The topological polar surface area (TPSA) is 84.3 Å². The first kappa shape index (κ1) is 12.6. The van der Waals surface area contributed by atoms with Crippen molar-refractivity contribution in [3.8, 4) is 5.88 Å². The van der Waals surface area contributed by atoms with Crippen molar-refractivity contribution in [2.75, 3.05) is 11.9 Å². The highest BCUT2D eigenvalue weighted by molar-refractivity contribution is 5.77. The van der Waals surface area contributed by atoms with Gasteiger partial charge in [0.05, 0.1) is 6.61 Å². The smallest absolute Gasteiger partial charge is 0.326 e. The van der Waals surface area contributed by atoms with E-state index in [2.05, 4.69) is 15.3 Å². The number of carbonyl (C=O) groups is 1. The second-order valence-corrected chi connectivity index (χ2v) is 4.39. The van der Waals surface area contributed by atoms with Crippen LogP contribution in [0.25, 0.3) is 0 Å². The van der Waals surface area contributed by atoms with Gasteiger partial charge in [-0.05, 0) is 25.2 Å². The van der Waals surface area contributed by atoms with E-state index in [9.17, 15) is 4.79 Å². The van der Waals surface area contributed by atoms with Crippen molar-refractivity contribution < 1.29 is 14.6 Å². The number of anilines is 1. The summed E-state index contributed by atoms with van der Waals surface area (Å²) in [6, 6.07) is 1.06. The number of hydrogen-bond donors (Lipinski definition) is 2. The van der Waals surface area contributed by atoms with Gasteiger partial charge in [-0.2, -0.15) is 0 Å². The van der Waals surface area contributed by atoms with Crippen LogP contribution in [0.1, 0.15) is 26.2 Å². The van der Waals surface area contributed by atoms with E-state index in [1.807, 2.05) is 6.92 Å². The molecule has 1 fully saturated rings. The second-order valence-electron chi connectivity index (χ2n) is 4.39. The van der Waals surface area contributed by atoms with Gasteiger partial charge in [-0.1, -0.05) is 6.92 Å². The number of aromatic nitrogens is 2. The molecule has 2 N–H and O–H groups in total. The van der Waals surface area contributed by atoms with Gasteiger partial charge in [0.1, 0.15) is 18.2 Å². The van der Waals surface area contributed by atoms with E-state index in [-0.39, 0.29) is 5.92 Å². The lowest BCUT2D eigenvalue weighted by molar-refractivity contribution is -0.138. The largest absolute Gasteiger partial charge is 0.480 e. The molecule has 2 rings (SSSR count). The van der Waals surface area contributed by atoms with Gasteiger partial charge < -0.3 is 15.2 Å². The summed E-state index contributed by atoms with van der Waals surface area (Å²) in [5.41, 5.74) is 0. The summed E-state index contributed by atoms with van der Waals surface area (Å²) in [6.07, 6.45) is 4.17. The number of aliphatic carboxylic acids is 1. The number of hydrogen-bond acceptors (Lipinski definition) is 5. The number of nitrogens with zero attached hydrogens (tertiary/aromatic N) is 2. The Labute approximate surface area is 105 Å². The third-order valence-corrected chi connectivity index (χ3v) is 2.76. The van der Waals surface area contributed by atoms with Crippen molar-refractivity contribution in [1.29, 1.82) is 0 Å². The molecule has 1 aromatic rings. The quantitative estimate of drug-likeness (QED) is 0.764. The molecular weight excluding hydrogens is 234 g/mol. The number of nitrogens with one attached hydrogen (secondary N) is 1. The third kappa shape index (κ3) is 3.32. The lowest BCUT2D eigenvalue weighted by Crippen LogP contribution is -2.31. The van der Waals surface area contributed by atoms with E-state index in [1.165, 1.54) is 6.33 Å². The van der Waals surface area contributed by atoms with Crippen LogP contribution in [0.4, 0.5) is 5.82 Å². The predicted octanol–water partition coefficient (Wildman–Crippen LogP) is 1.54. The Bertz CT molecular complexity index is 421. The summed E-state index contributed by atoms with van der Waals surface area (Å²) in [5.74, 6) is 0.328. The van der Waals surface area contributed by atoms with Crippen molar-refractivity contribution in [3.05, 3.63) is 12.4 Å². The summed E-state index contributed by atoms with van der Waals surface area (Å²) in [4.78, 5) is 19.1. The van der Waals surface area contributed by atoms with Crippen LogP contribution in [0.5, 0.6) is 5.88 Å². The minimum Gasteiger partial charge on any atom is -0.480 e. The molecule has 0 radical (unpaired) electrons. The molecule has 0 spiro atoms. The molecule has 1 aromatic heterocycles. The second kappa shape index (κ2) is 5.66. The zero-order chi connectivity index (χ0) is 13.0. The monoisotopic (exact) mass is 251 g/mol. The molecule has 0 bridgehead atoms. The lowest BCUT2D eigenvalue weighted by atomic mass is 10.2. The highest BCUT2D eigenvalue weighted by Gasteiger charge is 2.36. The van der Waals surface area contributed by atoms with Gasteiger partial charge in [0.25, 0.3) is 0 Å². The van der Waals surface area contributed by atoms with Gasteiger partial charge in [0.2, 0.25) is 5.88 Å². The van der Waals surface area contributed by atoms with Crippen LogP contribution < -0.4 is 10.1 Å². The van der Waals surface area contributed by atoms with Crippen LogP contribution in [0.15, 0.2) is 12.4 Å². The fourth-order valence-electron chi connectivity index (χ4n) is 1.67. The molecule has 6 nitrogen and oxygen atoms in total. The van der Waals surface area contributed by atoms with Gasteiger partial charge >= 0.3 is 5.97 Å². The maximum Gasteiger partial charge on any atom is 0.326 e. The van der Waals surface area contributed by atoms with E-state index >= 15 is 0 Å². The van der Waals surface area contributed by atoms with Crippen molar-refractivity contribution in [2.24, 2.45) is 5.92 Å². The number of carboxylic acids is 1. The lowest BCUT2D eigenvalue weighted by Gasteiger charge is -2.14. The van der Waals surface area contributed by atoms with Crippen LogP contribution >= 0.6 is 0 Å². The summed E-state index contributed by atoms with van der Waals surface area (Å²) >= 11 is 0. The Kier molecular flexibility index (Phi) is 3.96. The molecule has 1 unspecified atom stereocenters. The van der Waals surface area contributed by atoms with E-state index in [1.54, 1.807) is 6.07 Å². The first-order valence-corrected chi connectivity index (χ1v) is 6.15. The molecule has 18 heavy (non-hydrogen) atoms. The van der Waals surface area contributed by atoms with Gasteiger partial charge in [0.15, 0.2) is 0 Å². The van der Waals surface area contributed by atoms with Gasteiger partial charge in [-0.3, -0.25) is 0 Å². The van der Waals surface area contributed by atoms with Crippen molar-refractivity contribution >= 4 is 11.8 Å². The van der Waals surface area contributed by atoms with Crippen LogP contribution in [0.3, 0.4) is 0 Å². The van der Waals surface area contributed by atoms with E-state index in [0.717, 1.165) is 19.3 Å². The minimum atomic E-state index is -0.841. The predicted molar refractivity (Wildman–Crippen MR) is 65.6 cm³/mol. The van der Waals surface area contributed by atoms with E-state index in [4.69, 9.17) is 9.84 Å². The average molecular weight is 251 g/mol. The van der Waals surface area contributed by atoms with Crippen LogP contribution in [0.2, 0.25) is 0 Å². The highest BCUT2D eigenvalue weighted by atomic mass is 16.5. The normalized spacial score (nSPS) is 16.1. The fraction of sp³-hybridized carbons (Fsp3) is 0.583. The van der Waals surface area contributed by atoms with Gasteiger partial charge in [0, 0.05) is 6.07 Å². The Morgan fingerprint density at radius 3 is 3.00 bits per heavy atom. The molecular formula is C12H17N3O3. The third-order valence-electron chi connectivity index (χ3n) is 2.76. The van der Waals surface area contributed by atoms with Gasteiger partial charge in [-0.25, -0.2) is 14.8 Å². The Morgan fingerprint density at radius 1 is 1.61 bits per heavy atom. The molecule has 0 aliphatic heterocycles. The Hall–Kier alpha value is -1.85. The summed E-state index contributed by atoms with van der Waals surface area (Å²) < 4.78 is 5.38. The minimum absolute atomic E-state index is 0.206. The van der Waals surface area contributed by atoms with Crippen LogP contribution in [-0.4, -0.2) is 33.7 Å². The molecule has 6 heteroatoms. The maximum absolute atomic E-state index is 11.1. The average Bonchev–Trinajstić information content (AvgIpc) is 3.18. The molecule has 0 saturated heterocycles. The van der Waals surface area contributed by atoms with Crippen molar-refractivity contribution in [2.45, 2.75) is 32.2 Å². The maximum atomic E-state index is 11.1. The molecule has 0 amide bonds. The number of carboxylic acid groups (broad SMARTS) is 1. The molecule has 98 valence electrons. The number of rotatable bonds is 7. The Morgan fingerprint density at radius 2 is 2.39 bits per heavy atom. The van der Waals surface area contributed by atoms with E-state index < -0.39 is 12.0 Å². The molecule has 1 atom stereocenters. The zero-order valence-corrected chi connectivity index (χ0v) is 10.3. The fourth-order valence-corrected chi connectivity index (χ4v) is 1.67. The number of ether oxygens (including phenoxy) is 1. The molecule has 1 saturated carbocycles. The Balaban J connectivity index is 2.01. The standard InChI is InChI=1S/C12H17N3O3/c1-2-5-18-10-6-9(13-7-14-10)15-11(12(16)17)8-3-4-8/h6-8,11H,2-5H2,1H3,(H,16,17)(H,13,14,15). The molecule has 1 heterocycles. The first-order chi connectivity index (χ1) is 8.70. The molecule has 0 aromatic carbocycles.